The van der Waals surface area contributed by atoms with Gasteiger partial charge in [0.1, 0.15) is 0 Å². The Morgan fingerprint density at radius 2 is 1.53 bits per heavy atom. The maximum atomic E-state index is 10.7. The first kappa shape index (κ1) is 14.5. The minimum Gasteiger partial charge on any atom is -0.476 e. The first-order valence-electron chi connectivity index (χ1n) is 5.43. The first-order chi connectivity index (χ1) is 7.18. The van der Waals surface area contributed by atoms with Gasteiger partial charge >= 0.3 is 5.97 Å². The molecule has 0 radical (unpaired) electrons. The fourth-order valence-corrected chi connectivity index (χ4v) is 1.84. The van der Waals surface area contributed by atoms with Gasteiger partial charge in [-0.05, 0) is 24.9 Å². The van der Waals surface area contributed by atoms with Crippen molar-refractivity contribution in [2.75, 3.05) is 12.0 Å². The maximum absolute atomic E-state index is 10.7. The van der Waals surface area contributed by atoms with E-state index in [1.54, 1.807) is 0 Å². The summed E-state index contributed by atoms with van der Waals surface area (Å²) in [5.74, 6) is -0.732. The molecular weight excluding hydrogens is 212 g/mol. The van der Waals surface area contributed by atoms with Crippen molar-refractivity contribution in [3.05, 3.63) is 0 Å². The molecule has 0 saturated heterocycles. The van der Waals surface area contributed by atoms with Gasteiger partial charge in [0.25, 0.3) is 0 Å². The van der Waals surface area contributed by atoms with Crippen LogP contribution in [-0.4, -0.2) is 28.9 Å². The Balaban J connectivity index is 3.11. The Kier molecular flexibility index (Phi) is 9.68. The molecule has 0 spiro atoms. The maximum Gasteiger partial charge on any atom is 0.372 e. The Labute approximate surface area is 95.6 Å². The van der Waals surface area contributed by atoms with Gasteiger partial charge in [-0.1, -0.05) is 25.7 Å². The summed E-state index contributed by atoms with van der Waals surface area (Å²) >= 11 is 1.87. The third kappa shape index (κ3) is 9.79. The lowest BCUT2D eigenvalue weighted by Crippen LogP contribution is -2.11. The van der Waals surface area contributed by atoms with E-state index in [2.05, 4.69) is 6.26 Å². The molecule has 0 aromatic rings. The second-order valence-electron chi connectivity index (χ2n) is 3.59. The van der Waals surface area contributed by atoms with E-state index in [1.165, 1.54) is 25.0 Å². The topological polar surface area (TPSA) is 54.4 Å². The third-order valence-corrected chi connectivity index (χ3v) is 2.94. The molecule has 0 unspecified atom stereocenters. The largest absolute Gasteiger partial charge is 0.476 e. The number of hydrogen-bond donors (Lipinski definition) is 1. The molecule has 1 N–H and O–H groups in total. The third-order valence-electron chi connectivity index (χ3n) is 2.24. The standard InChI is InChI=1S/C11H20O3S/c1-15-9-7-5-3-2-4-6-8-10(12)11(13)14/h2-9H2,1H3,(H,13,14). The predicted molar refractivity (Wildman–Crippen MR) is 63.3 cm³/mol. The van der Waals surface area contributed by atoms with Crippen molar-refractivity contribution in [1.29, 1.82) is 0 Å². The van der Waals surface area contributed by atoms with Crippen molar-refractivity contribution in [2.45, 2.75) is 44.9 Å². The van der Waals surface area contributed by atoms with E-state index >= 15 is 0 Å². The fourth-order valence-electron chi connectivity index (χ4n) is 1.35. The Morgan fingerprint density at radius 1 is 1.00 bits per heavy atom. The first-order valence-corrected chi connectivity index (χ1v) is 6.83. The van der Waals surface area contributed by atoms with Crippen LogP contribution in [0.15, 0.2) is 0 Å². The van der Waals surface area contributed by atoms with Crippen molar-refractivity contribution >= 4 is 23.5 Å². The number of hydrogen-bond acceptors (Lipinski definition) is 3. The van der Waals surface area contributed by atoms with Gasteiger partial charge in [0, 0.05) is 6.42 Å². The van der Waals surface area contributed by atoms with Crippen LogP contribution in [0.5, 0.6) is 0 Å². The van der Waals surface area contributed by atoms with Gasteiger partial charge in [0.15, 0.2) is 0 Å². The van der Waals surface area contributed by atoms with Crippen LogP contribution in [-0.2, 0) is 9.59 Å². The Hall–Kier alpha value is -0.510. The molecule has 0 amide bonds. The van der Waals surface area contributed by atoms with E-state index < -0.39 is 11.8 Å². The van der Waals surface area contributed by atoms with Gasteiger partial charge in [-0.3, -0.25) is 4.79 Å². The summed E-state index contributed by atoms with van der Waals surface area (Å²) in [5, 5.41) is 8.33. The molecule has 0 aromatic carbocycles. The number of thioether (sulfide) groups is 1. The summed E-state index contributed by atoms with van der Waals surface area (Å²) < 4.78 is 0. The predicted octanol–water partition coefficient (Wildman–Crippen LogP) is 2.73. The van der Waals surface area contributed by atoms with E-state index in [1.807, 2.05) is 11.8 Å². The molecule has 15 heavy (non-hydrogen) atoms. The molecule has 4 heteroatoms. The van der Waals surface area contributed by atoms with Gasteiger partial charge in [-0.2, -0.15) is 11.8 Å². The second kappa shape index (κ2) is 10.0. The molecule has 0 aromatic heterocycles. The monoisotopic (exact) mass is 232 g/mol. The van der Waals surface area contributed by atoms with Crippen LogP contribution in [0, 0.1) is 0 Å². The summed E-state index contributed by atoms with van der Waals surface area (Å²) in [6, 6.07) is 0. The van der Waals surface area contributed by atoms with Gasteiger partial charge < -0.3 is 5.11 Å². The summed E-state index contributed by atoms with van der Waals surface area (Å²) in [4.78, 5) is 20.9. The number of carboxylic acids is 1. The van der Waals surface area contributed by atoms with Gasteiger partial charge in [-0.25, -0.2) is 4.79 Å². The molecule has 0 fully saturated rings. The zero-order valence-corrected chi connectivity index (χ0v) is 10.1. The number of carbonyl (C=O) groups excluding carboxylic acids is 1. The SMILES string of the molecule is CSCCCCCCCCC(=O)C(=O)O. The number of Topliss-reactive ketones (excluding diaryl/α,β-unsaturated/α-hetero) is 1. The van der Waals surface area contributed by atoms with Crippen LogP contribution in [0.1, 0.15) is 44.9 Å². The molecule has 0 rings (SSSR count). The molecule has 0 bridgehead atoms. The average molecular weight is 232 g/mol. The van der Waals surface area contributed by atoms with Crippen LogP contribution in [0.3, 0.4) is 0 Å². The minimum atomic E-state index is -1.30. The highest BCUT2D eigenvalue weighted by Gasteiger charge is 2.09. The quantitative estimate of drug-likeness (QED) is 0.465. The molecule has 0 aliphatic rings. The second-order valence-corrected chi connectivity index (χ2v) is 4.58. The zero-order chi connectivity index (χ0) is 11.5. The van der Waals surface area contributed by atoms with Gasteiger partial charge in [-0.15, -0.1) is 0 Å². The molecule has 3 nitrogen and oxygen atoms in total. The summed E-state index contributed by atoms with van der Waals surface area (Å²) in [6.45, 7) is 0. The number of carboxylic acid groups (broad SMARTS) is 1. The lowest BCUT2D eigenvalue weighted by Gasteiger charge is -2.00. The number of carbonyl (C=O) groups is 2. The number of aliphatic carboxylic acids is 1. The fraction of sp³-hybridized carbons (Fsp3) is 0.818. The highest BCUT2D eigenvalue weighted by Crippen LogP contribution is 2.09. The van der Waals surface area contributed by atoms with Crippen molar-refractivity contribution in [1.82, 2.24) is 0 Å². The summed E-state index contributed by atoms with van der Waals surface area (Å²) in [5.41, 5.74) is 0. The number of unbranched alkanes of at least 4 members (excludes halogenated alkanes) is 5. The normalized spacial score (nSPS) is 10.2. The van der Waals surface area contributed by atoms with E-state index in [0.717, 1.165) is 12.8 Å². The van der Waals surface area contributed by atoms with Crippen molar-refractivity contribution in [3.8, 4) is 0 Å². The van der Waals surface area contributed by atoms with Crippen molar-refractivity contribution < 1.29 is 14.7 Å². The van der Waals surface area contributed by atoms with Gasteiger partial charge in [0.2, 0.25) is 5.78 Å². The molecule has 88 valence electrons. The Bertz CT molecular complexity index is 192. The smallest absolute Gasteiger partial charge is 0.372 e. The molecule has 0 aliphatic heterocycles. The molecule has 0 saturated carbocycles. The van der Waals surface area contributed by atoms with Crippen LogP contribution in [0.25, 0.3) is 0 Å². The molecule has 0 aliphatic carbocycles. The van der Waals surface area contributed by atoms with Crippen LogP contribution < -0.4 is 0 Å². The zero-order valence-electron chi connectivity index (χ0n) is 9.33. The van der Waals surface area contributed by atoms with Crippen LogP contribution in [0.4, 0.5) is 0 Å². The van der Waals surface area contributed by atoms with Crippen LogP contribution in [0.2, 0.25) is 0 Å². The number of rotatable bonds is 10. The van der Waals surface area contributed by atoms with E-state index in [4.69, 9.17) is 5.11 Å². The Morgan fingerprint density at radius 3 is 2.07 bits per heavy atom. The van der Waals surface area contributed by atoms with Crippen molar-refractivity contribution in [3.63, 3.8) is 0 Å². The average Bonchev–Trinajstić information content (AvgIpc) is 2.21. The molecule has 0 heterocycles. The van der Waals surface area contributed by atoms with Crippen molar-refractivity contribution in [2.24, 2.45) is 0 Å². The minimum absolute atomic E-state index is 0.195. The summed E-state index contributed by atoms with van der Waals surface area (Å²) in [6.07, 6.45) is 8.80. The van der Waals surface area contributed by atoms with Crippen LogP contribution >= 0.6 is 11.8 Å². The van der Waals surface area contributed by atoms with E-state index in [0.29, 0.717) is 6.42 Å². The lowest BCUT2D eigenvalue weighted by molar-refractivity contribution is -0.149. The molecular formula is C11H20O3S. The van der Waals surface area contributed by atoms with E-state index in [-0.39, 0.29) is 6.42 Å². The molecule has 0 atom stereocenters. The van der Waals surface area contributed by atoms with Gasteiger partial charge in [0.05, 0.1) is 0 Å². The summed E-state index contributed by atoms with van der Waals surface area (Å²) in [7, 11) is 0. The number of ketones is 1. The van der Waals surface area contributed by atoms with E-state index in [9.17, 15) is 9.59 Å². The highest BCUT2D eigenvalue weighted by atomic mass is 32.2. The highest BCUT2D eigenvalue weighted by molar-refractivity contribution is 7.98. The lowest BCUT2D eigenvalue weighted by atomic mass is 10.1.